The lowest BCUT2D eigenvalue weighted by Gasteiger charge is -2.23. The summed E-state index contributed by atoms with van der Waals surface area (Å²) in [7, 11) is 0. The Hall–Kier alpha value is -1.57. The molecule has 0 spiro atoms. The number of fused-ring (bicyclic) bond motifs is 1. The molecule has 1 nitrogen and oxygen atoms in total. The minimum Gasteiger partial charge on any atom is -0.398 e. The highest BCUT2D eigenvalue weighted by Crippen LogP contribution is 2.35. The number of rotatable bonds is 0. The molecule has 2 aromatic carbocycles. The van der Waals surface area contributed by atoms with Crippen molar-refractivity contribution in [3.63, 3.8) is 0 Å². The van der Waals surface area contributed by atoms with E-state index in [-0.39, 0.29) is 11.2 Å². The first kappa shape index (κ1) is 10.9. The fourth-order valence-corrected chi connectivity index (χ4v) is 2.17. The monoisotopic (exact) mass is 217 g/mol. The van der Waals surface area contributed by atoms with Gasteiger partial charge in [0.2, 0.25) is 0 Å². The number of halogens is 1. The summed E-state index contributed by atoms with van der Waals surface area (Å²) in [4.78, 5) is 0. The molecular weight excluding hydrogens is 201 g/mol. The minimum absolute atomic E-state index is 0.0859. The van der Waals surface area contributed by atoms with Crippen LogP contribution in [0.5, 0.6) is 0 Å². The van der Waals surface area contributed by atoms with E-state index < -0.39 is 0 Å². The number of hydrogen-bond acceptors (Lipinski definition) is 1. The van der Waals surface area contributed by atoms with Crippen LogP contribution in [0.1, 0.15) is 26.3 Å². The second-order valence-electron chi connectivity index (χ2n) is 5.11. The first-order chi connectivity index (χ1) is 7.41. The highest BCUT2D eigenvalue weighted by molar-refractivity contribution is 5.91. The van der Waals surface area contributed by atoms with Crippen molar-refractivity contribution in [2.45, 2.75) is 26.2 Å². The quantitative estimate of drug-likeness (QED) is 0.666. The maximum absolute atomic E-state index is 13.6. The fourth-order valence-electron chi connectivity index (χ4n) is 2.17. The fraction of sp³-hybridized carbons (Fsp3) is 0.286. The van der Waals surface area contributed by atoms with Gasteiger partial charge in [0.1, 0.15) is 5.82 Å². The first-order valence-electron chi connectivity index (χ1n) is 5.38. The molecule has 0 saturated heterocycles. The number of hydrogen-bond donors (Lipinski definition) is 1. The van der Waals surface area contributed by atoms with Crippen LogP contribution in [0.2, 0.25) is 0 Å². The molecule has 0 atom stereocenters. The Labute approximate surface area is 95.1 Å². The van der Waals surface area contributed by atoms with Crippen LogP contribution in [0, 0.1) is 5.82 Å². The number of nitrogens with two attached hydrogens (primary N) is 1. The zero-order valence-electron chi connectivity index (χ0n) is 9.84. The van der Waals surface area contributed by atoms with E-state index in [0.29, 0.717) is 5.39 Å². The summed E-state index contributed by atoms with van der Waals surface area (Å²) in [6.45, 7) is 6.26. The maximum atomic E-state index is 13.6. The molecule has 0 saturated carbocycles. The average Bonchev–Trinajstić information content (AvgIpc) is 2.15. The summed E-state index contributed by atoms with van der Waals surface area (Å²) in [5.74, 6) is -0.192. The van der Waals surface area contributed by atoms with E-state index >= 15 is 0 Å². The van der Waals surface area contributed by atoms with E-state index in [1.807, 2.05) is 6.07 Å². The summed E-state index contributed by atoms with van der Waals surface area (Å²) in [6, 6.07) is 8.66. The summed E-state index contributed by atoms with van der Waals surface area (Å²) in [5.41, 5.74) is 7.66. The largest absolute Gasteiger partial charge is 0.398 e. The van der Waals surface area contributed by atoms with Gasteiger partial charge < -0.3 is 5.73 Å². The van der Waals surface area contributed by atoms with Crippen LogP contribution in [0.3, 0.4) is 0 Å². The van der Waals surface area contributed by atoms with Crippen LogP contribution in [-0.4, -0.2) is 0 Å². The molecular formula is C14H16FN. The van der Waals surface area contributed by atoms with E-state index in [0.717, 1.165) is 16.6 Å². The van der Waals surface area contributed by atoms with Gasteiger partial charge in [0.05, 0.1) is 0 Å². The standard InChI is InChI=1S/C14H16FN/c1-14(2,3)13-10-5-4-6-11(15)9(10)7-8-12(13)16/h4-8H,16H2,1-3H3. The number of benzene rings is 2. The highest BCUT2D eigenvalue weighted by Gasteiger charge is 2.20. The van der Waals surface area contributed by atoms with Gasteiger partial charge in [-0.25, -0.2) is 4.39 Å². The van der Waals surface area contributed by atoms with Crippen molar-refractivity contribution in [2.75, 3.05) is 5.73 Å². The van der Waals surface area contributed by atoms with E-state index in [9.17, 15) is 4.39 Å². The number of anilines is 1. The van der Waals surface area contributed by atoms with Crippen molar-refractivity contribution in [2.24, 2.45) is 0 Å². The Bertz CT molecular complexity index is 538. The van der Waals surface area contributed by atoms with Crippen LogP contribution < -0.4 is 5.73 Å². The normalized spacial score (nSPS) is 12.0. The summed E-state index contributed by atoms with van der Waals surface area (Å²) >= 11 is 0. The minimum atomic E-state index is -0.192. The topological polar surface area (TPSA) is 26.0 Å². The van der Waals surface area contributed by atoms with E-state index in [1.165, 1.54) is 6.07 Å². The van der Waals surface area contributed by atoms with Crippen LogP contribution in [0.25, 0.3) is 10.8 Å². The lowest BCUT2D eigenvalue weighted by molar-refractivity contribution is 0.597. The Morgan fingerprint density at radius 2 is 1.69 bits per heavy atom. The molecule has 84 valence electrons. The molecule has 16 heavy (non-hydrogen) atoms. The van der Waals surface area contributed by atoms with Crippen molar-refractivity contribution < 1.29 is 4.39 Å². The van der Waals surface area contributed by atoms with Gasteiger partial charge in [-0.05, 0) is 34.6 Å². The SMILES string of the molecule is CC(C)(C)c1c(N)ccc2c(F)cccc12. The molecule has 0 heterocycles. The molecule has 0 aliphatic carbocycles. The molecule has 2 aromatic rings. The highest BCUT2D eigenvalue weighted by atomic mass is 19.1. The van der Waals surface area contributed by atoms with Gasteiger partial charge in [-0.1, -0.05) is 32.9 Å². The average molecular weight is 217 g/mol. The van der Waals surface area contributed by atoms with Crippen molar-refractivity contribution in [1.29, 1.82) is 0 Å². The van der Waals surface area contributed by atoms with Crippen molar-refractivity contribution in [3.8, 4) is 0 Å². The second kappa shape index (κ2) is 3.48. The second-order valence-corrected chi connectivity index (χ2v) is 5.11. The molecule has 0 aliphatic heterocycles. The third kappa shape index (κ3) is 1.64. The van der Waals surface area contributed by atoms with Gasteiger partial charge in [-0.15, -0.1) is 0 Å². The van der Waals surface area contributed by atoms with Crippen LogP contribution in [0.15, 0.2) is 30.3 Å². The Morgan fingerprint density at radius 3 is 2.31 bits per heavy atom. The van der Waals surface area contributed by atoms with Crippen molar-refractivity contribution >= 4 is 16.5 Å². The summed E-state index contributed by atoms with van der Waals surface area (Å²) in [5, 5.41) is 1.55. The summed E-state index contributed by atoms with van der Waals surface area (Å²) < 4.78 is 13.6. The molecule has 0 aliphatic rings. The molecule has 2 heteroatoms. The van der Waals surface area contributed by atoms with E-state index in [4.69, 9.17) is 5.73 Å². The van der Waals surface area contributed by atoms with Gasteiger partial charge >= 0.3 is 0 Å². The van der Waals surface area contributed by atoms with Gasteiger partial charge in [-0.3, -0.25) is 0 Å². The molecule has 0 unspecified atom stereocenters. The van der Waals surface area contributed by atoms with Crippen molar-refractivity contribution in [3.05, 3.63) is 41.7 Å². The lowest BCUT2D eigenvalue weighted by Crippen LogP contribution is -2.14. The van der Waals surface area contributed by atoms with Crippen LogP contribution in [0.4, 0.5) is 10.1 Å². The van der Waals surface area contributed by atoms with Gasteiger partial charge in [0.25, 0.3) is 0 Å². The third-order valence-corrected chi connectivity index (χ3v) is 2.79. The predicted molar refractivity (Wildman–Crippen MR) is 67.0 cm³/mol. The zero-order valence-corrected chi connectivity index (χ0v) is 9.84. The Kier molecular flexibility index (Phi) is 2.38. The molecule has 0 fully saturated rings. The predicted octanol–water partition coefficient (Wildman–Crippen LogP) is 3.86. The molecule has 2 N–H and O–H groups in total. The van der Waals surface area contributed by atoms with E-state index in [2.05, 4.69) is 20.8 Å². The maximum Gasteiger partial charge on any atom is 0.131 e. The van der Waals surface area contributed by atoms with Gasteiger partial charge in [-0.2, -0.15) is 0 Å². The van der Waals surface area contributed by atoms with Crippen molar-refractivity contribution in [1.82, 2.24) is 0 Å². The molecule has 0 radical (unpaired) electrons. The third-order valence-electron chi connectivity index (χ3n) is 2.79. The van der Waals surface area contributed by atoms with Gasteiger partial charge in [0.15, 0.2) is 0 Å². The Morgan fingerprint density at radius 1 is 1.00 bits per heavy atom. The van der Waals surface area contributed by atoms with E-state index in [1.54, 1.807) is 18.2 Å². The van der Waals surface area contributed by atoms with Crippen LogP contribution >= 0.6 is 0 Å². The summed E-state index contributed by atoms with van der Waals surface area (Å²) in [6.07, 6.45) is 0. The van der Waals surface area contributed by atoms with Crippen LogP contribution in [-0.2, 0) is 5.41 Å². The molecule has 2 rings (SSSR count). The van der Waals surface area contributed by atoms with Gasteiger partial charge in [0, 0.05) is 11.1 Å². The molecule has 0 amide bonds. The Balaban J connectivity index is 2.91. The lowest BCUT2D eigenvalue weighted by atomic mass is 9.82. The molecule has 0 bridgehead atoms. The smallest absolute Gasteiger partial charge is 0.131 e. The molecule has 0 aromatic heterocycles. The number of nitrogen functional groups attached to an aromatic ring is 1. The first-order valence-corrected chi connectivity index (χ1v) is 5.38. The zero-order chi connectivity index (χ0) is 11.9.